The molecule has 1 aliphatic carbocycles. The smallest absolute Gasteiger partial charge is 0.433 e. The molecule has 7 nitrogen and oxygen atoms in total. The summed E-state index contributed by atoms with van der Waals surface area (Å²) in [4.78, 5) is 23.6. The van der Waals surface area contributed by atoms with Gasteiger partial charge in [-0.05, 0) is 25.0 Å². The summed E-state index contributed by atoms with van der Waals surface area (Å²) in [5.74, 6) is -0.529. The lowest BCUT2D eigenvalue weighted by Gasteiger charge is -2.06. The second-order valence-electron chi connectivity index (χ2n) is 5.57. The molecule has 0 amide bonds. The van der Waals surface area contributed by atoms with Crippen LogP contribution in [0.4, 0.5) is 10.5 Å². The van der Waals surface area contributed by atoms with Gasteiger partial charge >= 0.3 is 12.1 Å². The van der Waals surface area contributed by atoms with Crippen LogP contribution in [0, 0.1) is 0 Å². The zero-order valence-electron chi connectivity index (χ0n) is 11.9. The number of nitrogens with two attached hydrogens (primary N) is 1. The lowest BCUT2D eigenvalue weighted by atomic mass is 10.0. The molecule has 2 aromatic rings. The van der Waals surface area contributed by atoms with Gasteiger partial charge in [-0.2, -0.15) is 9.78 Å². The van der Waals surface area contributed by atoms with Crippen molar-refractivity contribution in [2.24, 2.45) is 0 Å². The van der Waals surface area contributed by atoms with E-state index in [9.17, 15) is 14.7 Å². The molecule has 0 spiro atoms. The molecular weight excluding hydrogens is 286 g/mol. The van der Waals surface area contributed by atoms with Gasteiger partial charge in [-0.25, -0.2) is 9.59 Å². The third-order valence-electron chi connectivity index (χ3n) is 3.82. The predicted molar refractivity (Wildman–Crippen MR) is 78.0 cm³/mol. The van der Waals surface area contributed by atoms with Crippen LogP contribution < -0.4 is 10.5 Å². The molecule has 3 N–H and O–H groups in total. The molecule has 1 saturated carbocycles. The summed E-state index contributed by atoms with van der Waals surface area (Å²) in [5, 5.41) is 13.2. The number of benzene rings is 1. The number of aromatic nitrogens is 2. The highest BCUT2D eigenvalue weighted by Crippen LogP contribution is 2.49. The third kappa shape index (κ3) is 2.30. The summed E-state index contributed by atoms with van der Waals surface area (Å²) in [6.07, 6.45) is 0.351. The van der Waals surface area contributed by atoms with E-state index in [2.05, 4.69) is 5.10 Å². The second-order valence-corrected chi connectivity index (χ2v) is 5.57. The number of rotatable bonds is 3. The van der Waals surface area contributed by atoms with Gasteiger partial charge in [-0.3, -0.25) is 0 Å². The van der Waals surface area contributed by atoms with Crippen molar-refractivity contribution in [3.05, 3.63) is 41.7 Å². The first-order valence-electron chi connectivity index (χ1n) is 6.82. The van der Waals surface area contributed by atoms with Crippen LogP contribution in [-0.4, -0.2) is 26.9 Å². The van der Waals surface area contributed by atoms with Crippen LogP contribution in [0.25, 0.3) is 0 Å². The van der Waals surface area contributed by atoms with Gasteiger partial charge in [0.15, 0.2) is 5.69 Å². The number of hydrogen-bond donors (Lipinski definition) is 2. The summed E-state index contributed by atoms with van der Waals surface area (Å²) < 4.78 is 5.77. The van der Waals surface area contributed by atoms with Crippen molar-refractivity contribution in [3.63, 3.8) is 0 Å². The van der Waals surface area contributed by atoms with Gasteiger partial charge in [0.1, 0.15) is 5.75 Å². The Hall–Kier alpha value is -2.83. The maximum absolute atomic E-state index is 12.3. The Balaban J connectivity index is 2.00. The SMILES string of the molecule is CC1(c2nn(C(=O)O)c(C(=O)Oc3ccccc3)c2N)CC1. The summed E-state index contributed by atoms with van der Waals surface area (Å²) in [5.41, 5.74) is 5.98. The van der Waals surface area contributed by atoms with Gasteiger partial charge in [0.2, 0.25) is 0 Å². The Morgan fingerprint density at radius 3 is 2.50 bits per heavy atom. The average molecular weight is 301 g/mol. The van der Waals surface area contributed by atoms with Gasteiger partial charge in [0, 0.05) is 5.41 Å². The van der Waals surface area contributed by atoms with Crippen LogP contribution in [0.2, 0.25) is 0 Å². The number of ether oxygens (including phenoxy) is 1. The number of hydrogen-bond acceptors (Lipinski definition) is 5. The molecule has 1 aliphatic rings. The first-order chi connectivity index (χ1) is 10.4. The van der Waals surface area contributed by atoms with E-state index in [0.717, 1.165) is 12.8 Å². The highest BCUT2D eigenvalue weighted by atomic mass is 16.5. The predicted octanol–water partition coefficient (Wildman–Crippen LogP) is 2.26. The van der Waals surface area contributed by atoms with Crippen molar-refractivity contribution >= 4 is 17.7 Å². The highest BCUT2D eigenvalue weighted by molar-refractivity contribution is 5.98. The molecular formula is C15H15N3O4. The number of carbonyl (C=O) groups is 2. The lowest BCUT2D eigenvalue weighted by Crippen LogP contribution is -2.21. The molecule has 1 fully saturated rings. The van der Waals surface area contributed by atoms with Crippen molar-refractivity contribution < 1.29 is 19.4 Å². The minimum Gasteiger partial charge on any atom is -0.463 e. The maximum Gasteiger partial charge on any atom is 0.433 e. The van der Waals surface area contributed by atoms with Crippen LogP contribution in [0.1, 0.15) is 35.9 Å². The van der Waals surface area contributed by atoms with Crippen LogP contribution in [-0.2, 0) is 5.41 Å². The fourth-order valence-electron chi connectivity index (χ4n) is 2.28. The van der Waals surface area contributed by atoms with E-state index in [1.807, 2.05) is 6.92 Å². The Morgan fingerprint density at radius 2 is 1.95 bits per heavy atom. The molecule has 1 aromatic carbocycles. The molecule has 1 aromatic heterocycles. The van der Waals surface area contributed by atoms with Crippen LogP contribution in [0.5, 0.6) is 5.75 Å². The molecule has 0 unspecified atom stereocenters. The number of carbonyl (C=O) groups excluding carboxylic acids is 1. The van der Waals surface area contributed by atoms with Gasteiger partial charge in [-0.15, -0.1) is 0 Å². The number of nitrogen functional groups attached to an aromatic ring is 1. The number of esters is 1. The monoisotopic (exact) mass is 301 g/mol. The van der Waals surface area contributed by atoms with E-state index < -0.39 is 12.1 Å². The first-order valence-corrected chi connectivity index (χ1v) is 6.82. The van der Waals surface area contributed by atoms with E-state index >= 15 is 0 Å². The highest BCUT2D eigenvalue weighted by Gasteiger charge is 2.45. The van der Waals surface area contributed by atoms with Crippen molar-refractivity contribution in [1.29, 1.82) is 0 Å². The van der Waals surface area contributed by atoms with E-state index in [1.54, 1.807) is 30.3 Å². The van der Waals surface area contributed by atoms with Crippen LogP contribution >= 0.6 is 0 Å². The molecule has 114 valence electrons. The molecule has 7 heteroatoms. The number of nitrogens with zero attached hydrogens (tertiary/aromatic N) is 2. The van der Waals surface area contributed by atoms with Crippen molar-refractivity contribution in [3.8, 4) is 5.75 Å². The second kappa shape index (κ2) is 4.87. The molecule has 0 aliphatic heterocycles. The number of carboxylic acid groups (broad SMARTS) is 1. The minimum atomic E-state index is -1.37. The fraction of sp³-hybridized carbons (Fsp3) is 0.267. The van der Waals surface area contributed by atoms with Crippen LogP contribution in [0.15, 0.2) is 30.3 Å². The maximum atomic E-state index is 12.3. The Bertz CT molecular complexity index is 748. The van der Waals surface area contributed by atoms with E-state index in [4.69, 9.17) is 10.5 Å². The standard InChI is InChI=1S/C15H15N3O4/c1-15(7-8-15)12-10(16)11(18(17-12)14(20)21)13(19)22-9-5-3-2-4-6-9/h2-6H,7-8,16H2,1H3,(H,20,21). The van der Waals surface area contributed by atoms with E-state index in [-0.39, 0.29) is 16.8 Å². The largest absolute Gasteiger partial charge is 0.463 e. The quantitative estimate of drug-likeness (QED) is 0.665. The lowest BCUT2D eigenvalue weighted by molar-refractivity contribution is 0.0721. The van der Waals surface area contributed by atoms with Gasteiger partial charge in [0.25, 0.3) is 0 Å². The number of para-hydroxylation sites is 1. The molecule has 1 heterocycles. The summed E-state index contributed by atoms with van der Waals surface area (Å²) >= 11 is 0. The zero-order chi connectivity index (χ0) is 15.9. The molecule has 0 saturated heterocycles. The van der Waals surface area contributed by atoms with Gasteiger partial charge in [0.05, 0.1) is 11.4 Å². The molecule has 0 bridgehead atoms. The minimum absolute atomic E-state index is 0.0725. The first kappa shape index (κ1) is 14.1. The third-order valence-corrected chi connectivity index (χ3v) is 3.82. The zero-order valence-corrected chi connectivity index (χ0v) is 11.9. The van der Waals surface area contributed by atoms with Gasteiger partial charge < -0.3 is 15.6 Å². The normalized spacial score (nSPS) is 15.3. The van der Waals surface area contributed by atoms with Gasteiger partial charge in [-0.1, -0.05) is 25.1 Å². The molecule has 0 radical (unpaired) electrons. The Kier molecular flexibility index (Phi) is 3.13. The molecule has 22 heavy (non-hydrogen) atoms. The van der Waals surface area contributed by atoms with Crippen molar-refractivity contribution in [1.82, 2.24) is 9.78 Å². The summed E-state index contributed by atoms with van der Waals surface area (Å²) in [6, 6.07) is 8.38. The van der Waals surface area contributed by atoms with Crippen LogP contribution in [0.3, 0.4) is 0 Å². The number of anilines is 1. The summed E-state index contributed by atoms with van der Waals surface area (Å²) in [6.45, 7) is 1.93. The molecule has 3 rings (SSSR count). The Labute approximate surface area is 126 Å². The van der Waals surface area contributed by atoms with Crippen molar-refractivity contribution in [2.45, 2.75) is 25.2 Å². The topological polar surface area (TPSA) is 107 Å². The summed E-state index contributed by atoms with van der Waals surface area (Å²) in [7, 11) is 0. The molecule has 0 atom stereocenters. The fourth-order valence-corrected chi connectivity index (χ4v) is 2.28. The Morgan fingerprint density at radius 1 is 1.32 bits per heavy atom. The average Bonchev–Trinajstić information content (AvgIpc) is 3.11. The van der Waals surface area contributed by atoms with Crippen molar-refractivity contribution in [2.75, 3.05) is 5.73 Å². The van der Waals surface area contributed by atoms with E-state index in [1.165, 1.54) is 0 Å². The van der Waals surface area contributed by atoms with E-state index in [0.29, 0.717) is 16.1 Å².